The van der Waals surface area contributed by atoms with Crippen molar-refractivity contribution in [2.24, 2.45) is 5.92 Å². The summed E-state index contributed by atoms with van der Waals surface area (Å²) in [5.41, 5.74) is 5.42. The molecule has 1 aromatic rings. The molecule has 15 heavy (non-hydrogen) atoms. The van der Waals surface area contributed by atoms with Gasteiger partial charge in [0.2, 0.25) is 0 Å². The maximum Gasteiger partial charge on any atom is 0.0122 e. The van der Waals surface area contributed by atoms with Gasteiger partial charge in [0.15, 0.2) is 0 Å². The minimum Gasteiger partial charge on any atom is -0.316 e. The van der Waals surface area contributed by atoms with Gasteiger partial charge in [0.1, 0.15) is 0 Å². The average molecular weight is 199 g/mol. The number of piperidine rings is 1. The van der Waals surface area contributed by atoms with Gasteiger partial charge in [-0.3, -0.25) is 0 Å². The molecular formula is C14H17N. The van der Waals surface area contributed by atoms with Crippen molar-refractivity contribution in [3.05, 3.63) is 34.9 Å². The molecule has 1 heteroatoms. The molecular weight excluding hydrogens is 182 g/mol. The van der Waals surface area contributed by atoms with Crippen LogP contribution in [0.1, 0.15) is 29.5 Å². The zero-order chi connectivity index (χ0) is 9.88. The lowest BCUT2D eigenvalue weighted by Crippen LogP contribution is -2.19. The smallest absolute Gasteiger partial charge is 0.0122 e. The van der Waals surface area contributed by atoms with Crippen LogP contribution >= 0.6 is 0 Å². The zero-order valence-corrected chi connectivity index (χ0v) is 9.05. The van der Waals surface area contributed by atoms with Crippen LogP contribution in [0.4, 0.5) is 0 Å². The fourth-order valence-corrected chi connectivity index (χ4v) is 3.67. The fourth-order valence-electron chi connectivity index (χ4n) is 3.67. The first-order chi connectivity index (χ1) is 7.38. The van der Waals surface area contributed by atoms with E-state index in [1.807, 2.05) is 0 Å². The summed E-state index contributed by atoms with van der Waals surface area (Å²) in [5, 5.41) is 3.53. The average Bonchev–Trinajstić information content (AvgIpc) is 2.68. The summed E-state index contributed by atoms with van der Waals surface area (Å²) in [5.74, 6) is 0.942. The molecule has 0 unspecified atom stereocenters. The predicted molar refractivity (Wildman–Crippen MR) is 61.1 cm³/mol. The van der Waals surface area contributed by atoms with Crippen LogP contribution in [0.15, 0.2) is 18.2 Å². The Labute approximate surface area is 90.9 Å². The van der Waals surface area contributed by atoms with Crippen LogP contribution in [0.2, 0.25) is 0 Å². The number of rotatable bonds is 1. The third kappa shape index (κ3) is 1.02. The first-order valence-corrected chi connectivity index (χ1v) is 6.21. The van der Waals surface area contributed by atoms with Crippen LogP contribution in [-0.2, 0) is 18.3 Å². The second-order valence-electron chi connectivity index (χ2n) is 5.53. The Kier molecular flexibility index (Phi) is 1.47. The second kappa shape index (κ2) is 2.65. The molecule has 3 aliphatic rings. The second-order valence-corrected chi connectivity index (χ2v) is 5.53. The highest BCUT2D eigenvalue weighted by molar-refractivity contribution is 5.43. The van der Waals surface area contributed by atoms with E-state index in [1.165, 1.54) is 38.8 Å². The summed E-state index contributed by atoms with van der Waals surface area (Å²) in [6.45, 7) is 2.47. The summed E-state index contributed by atoms with van der Waals surface area (Å²) < 4.78 is 0. The summed E-state index contributed by atoms with van der Waals surface area (Å²) in [4.78, 5) is 0. The molecule has 0 radical (unpaired) electrons. The molecule has 0 aromatic heterocycles. The quantitative estimate of drug-likeness (QED) is 0.730. The van der Waals surface area contributed by atoms with E-state index in [0.29, 0.717) is 5.41 Å². The number of hydrogen-bond donors (Lipinski definition) is 1. The van der Waals surface area contributed by atoms with Gasteiger partial charge in [-0.2, -0.15) is 0 Å². The Morgan fingerprint density at radius 3 is 2.93 bits per heavy atom. The molecule has 2 atom stereocenters. The third-order valence-electron chi connectivity index (χ3n) is 4.74. The molecule has 0 spiro atoms. The third-order valence-corrected chi connectivity index (χ3v) is 4.74. The number of aryl methyl sites for hydroxylation is 2. The molecule has 78 valence electrons. The van der Waals surface area contributed by atoms with Crippen molar-refractivity contribution in [2.45, 2.75) is 31.1 Å². The van der Waals surface area contributed by atoms with Gasteiger partial charge in [-0.1, -0.05) is 18.2 Å². The van der Waals surface area contributed by atoms with Crippen molar-refractivity contribution in [1.82, 2.24) is 5.32 Å². The Hall–Kier alpha value is -0.820. The van der Waals surface area contributed by atoms with Crippen molar-refractivity contribution in [3.8, 4) is 0 Å². The number of hydrogen-bond acceptors (Lipinski definition) is 1. The highest BCUT2D eigenvalue weighted by Gasteiger charge is 2.58. The van der Waals surface area contributed by atoms with E-state index in [0.717, 1.165) is 5.92 Å². The SMILES string of the molecule is c1cc2c(cc1[C@@]13CNC[C@@H]1C3)CCC2. The first kappa shape index (κ1) is 8.35. The van der Waals surface area contributed by atoms with Gasteiger partial charge in [0.25, 0.3) is 0 Å². The predicted octanol–water partition coefficient (Wildman–Crippen LogP) is 2.04. The lowest BCUT2D eigenvalue weighted by atomic mass is 9.92. The zero-order valence-electron chi connectivity index (χ0n) is 9.05. The van der Waals surface area contributed by atoms with Crippen molar-refractivity contribution in [1.29, 1.82) is 0 Å². The van der Waals surface area contributed by atoms with Crippen LogP contribution < -0.4 is 5.32 Å². The summed E-state index contributed by atoms with van der Waals surface area (Å²) in [7, 11) is 0. The summed E-state index contributed by atoms with van der Waals surface area (Å²) in [6.07, 6.45) is 5.42. The number of nitrogens with one attached hydrogen (secondary N) is 1. The van der Waals surface area contributed by atoms with Crippen LogP contribution in [-0.4, -0.2) is 13.1 Å². The minimum absolute atomic E-state index is 0.553. The molecule has 1 heterocycles. The van der Waals surface area contributed by atoms with E-state index >= 15 is 0 Å². The number of benzene rings is 1. The van der Waals surface area contributed by atoms with E-state index in [9.17, 15) is 0 Å². The van der Waals surface area contributed by atoms with E-state index in [2.05, 4.69) is 23.5 Å². The standard InChI is InChI=1S/C14H17N/c1-2-10-4-5-12(6-11(10)3-1)14-7-13(14)8-15-9-14/h4-6,13,15H,1-3,7-9H2/t13-,14+/m0/s1. The van der Waals surface area contributed by atoms with E-state index < -0.39 is 0 Å². The van der Waals surface area contributed by atoms with Gasteiger partial charge >= 0.3 is 0 Å². The van der Waals surface area contributed by atoms with Crippen molar-refractivity contribution in [3.63, 3.8) is 0 Å². The van der Waals surface area contributed by atoms with Crippen molar-refractivity contribution >= 4 is 0 Å². The van der Waals surface area contributed by atoms with E-state index in [-0.39, 0.29) is 0 Å². The van der Waals surface area contributed by atoms with Crippen molar-refractivity contribution < 1.29 is 0 Å². The summed E-state index contributed by atoms with van der Waals surface area (Å²) in [6, 6.07) is 7.30. The van der Waals surface area contributed by atoms with Gasteiger partial charge in [-0.25, -0.2) is 0 Å². The maximum atomic E-state index is 3.53. The molecule has 1 saturated heterocycles. The Bertz CT molecular complexity index is 423. The molecule has 1 saturated carbocycles. The van der Waals surface area contributed by atoms with Gasteiger partial charge in [-0.15, -0.1) is 0 Å². The molecule has 1 aliphatic heterocycles. The van der Waals surface area contributed by atoms with Gasteiger partial charge < -0.3 is 5.32 Å². The lowest BCUT2D eigenvalue weighted by molar-refractivity contribution is 0.675. The molecule has 2 aliphatic carbocycles. The molecule has 4 rings (SSSR count). The van der Waals surface area contributed by atoms with Gasteiger partial charge in [0, 0.05) is 12.0 Å². The van der Waals surface area contributed by atoms with Crippen LogP contribution in [0.5, 0.6) is 0 Å². The Morgan fingerprint density at radius 2 is 2.13 bits per heavy atom. The maximum absolute atomic E-state index is 3.53. The van der Waals surface area contributed by atoms with Crippen LogP contribution in [0.25, 0.3) is 0 Å². The van der Waals surface area contributed by atoms with Gasteiger partial charge in [-0.05, 0) is 54.8 Å². The lowest BCUT2D eigenvalue weighted by Gasteiger charge is -2.13. The molecule has 2 fully saturated rings. The largest absolute Gasteiger partial charge is 0.316 e. The van der Waals surface area contributed by atoms with Crippen LogP contribution in [0, 0.1) is 5.92 Å². The Morgan fingerprint density at radius 1 is 1.20 bits per heavy atom. The number of fused-ring (bicyclic) bond motifs is 2. The Balaban J connectivity index is 1.78. The monoisotopic (exact) mass is 199 g/mol. The highest BCUT2D eigenvalue weighted by atomic mass is 15.0. The molecule has 1 nitrogen and oxygen atoms in total. The minimum atomic E-state index is 0.553. The molecule has 0 amide bonds. The molecule has 1 N–H and O–H groups in total. The summed E-state index contributed by atoms with van der Waals surface area (Å²) >= 11 is 0. The first-order valence-electron chi connectivity index (χ1n) is 6.21. The normalized spacial score (nSPS) is 36.4. The topological polar surface area (TPSA) is 12.0 Å². The molecule has 0 bridgehead atoms. The van der Waals surface area contributed by atoms with Crippen LogP contribution in [0.3, 0.4) is 0 Å². The van der Waals surface area contributed by atoms with E-state index in [4.69, 9.17) is 0 Å². The highest BCUT2D eigenvalue weighted by Crippen LogP contribution is 2.56. The van der Waals surface area contributed by atoms with Crippen molar-refractivity contribution in [2.75, 3.05) is 13.1 Å². The van der Waals surface area contributed by atoms with E-state index in [1.54, 1.807) is 16.7 Å². The van der Waals surface area contributed by atoms with Gasteiger partial charge in [0.05, 0.1) is 0 Å². The molecule has 1 aromatic carbocycles. The fraction of sp³-hybridized carbons (Fsp3) is 0.571.